The zero-order chi connectivity index (χ0) is 30.8. The van der Waals surface area contributed by atoms with Gasteiger partial charge < -0.3 is 14.5 Å². The van der Waals surface area contributed by atoms with Crippen molar-refractivity contribution in [1.82, 2.24) is 20.1 Å². The summed E-state index contributed by atoms with van der Waals surface area (Å²) in [6, 6.07) is 8.45. The van der Waals surface area contributed by atoms with Gasteiger partial charge in [-0.1, -0.05) is 19.1 Å². The second-order valence-electron chi connectivity index (χ2n) is 10.8. The van der Waals surface area contributed by atoms with Crippen LogP contribution >= 0.6 is 0 Å². The van der Waals surface area contributed by atoms with E-state index < -0.39 is 16.9 Å². The van der Waals surface area contributed by atoms with E-state index in [1.54, 1.807) is 0 Å². The topological polar surface area (TPSA) is 138 Å². The van der Waals surface area contributed by atoms with Crippen molar-refractivity contribution in [2.75, 3.05) is 44.2 Å². The largest absolute Gasteiger partial charge is 0.478 e. The fourth-order valence-electron chi connectivity index (χ4n) is 5.51. The van der Waals surface area contributed by atoms with Crippen molar-refractivity contribution in [1.29, 1.82) is 0 Å². The van der Waals surface area contributed by atoms with Crippen molar-refractivity contribution in [3.05, 3.63) is 63.8 Å². The average Bonchev–Trinajstić information content (AvgIpc) is 3.00. The van der Waals surface area contributed by atoms with Crippen molar-refractivity contribution in [2.24, 2.45) is 0 Å². The minimum atomic E-state index is -0.709. The van der Waals surface area contributed by atoms with E-state index in [0.29, 0.717) is 37.4 Å². The van der Waals surface area contributed by atoms with Gasteiger partial charge in [0.15, 0.2) is 0 Å². The maximum absolute atomic E-state index is 12.5. The Hall–Kier alpha value is -4.32. The molecule has 12 heteroatoms. The van der Waals surface area contributed by atoms with Gasteiger partial charge in [0.05, 0.1) is 11.5 Å². The number of nitrogens with one attached hydrogen (secondary N) is 1. The van der Waals surface area contributed by atoms with Gasteiger partial charge in [0.1, 0.15) is 12.2 Å². The van der Waals surface area contributed by atoms with E-state index in [1.165, 1.54) is 23.2 Å². The minimum Gasteiger partial charge on any atom is -0.478 e. The Bertz CT molecular complexity index is 1320. The van der Waals surface area contributed by atoms with E-state index in [2.05, 4.69) is 32.2 Å². The molecule has 2 saturated heterocycles. The fourth-order valence-corrected chi connectivity index (χ4v) is 5.51. The van der Waals surface area contributed by atoms with Crippen LogP contribution in [0.1, 0.15) is 56.6 Å². The van der Waals surface area contributed by atoms with E-state index in [1.807, 2.05) is 26.0 Å². The predicted molar refractivity (Wildman–Crippen MR) is 162 cm³/mol. The summed E-state index contributed by atoms with van der Waals surface area (Å²) in [5.74, 6) is -0.346. The molecular weight excluding hydrogens is 552 g/mol. The number of nitro groups is 1. The molecule has 4 rings (SSSR count). The number of anilines is 1. The highest BCUT2D eigenvalue weighted by atomic mass is 16.6. The Labute approximate surface area is 251 Å². The summed E-state index contributed by atoms with van der Waals surface area (Å²) >= 11 is 0. The number of hydrogen-bond donors (Lipinski definition) is 1. The smallest absolute Gasteiger partial charge is 0.287 e. The number of unbranched alkanes of at least 4 members (excludes halogenated alkanes) is 2. The van der Waals surface area contributed by atoms with Crippen LogP contribution < -0.4 is 15.0 Å². The number of carbonyl (C=O) groups is 3. The molecule has 3 heterocycles. The van der Waals surface area contributed by atoms with Gasteiger partial charge in [-0.2, -0.15) is 0 Å². The molecule has 2 aromatic rings. The number of ether oxygens (including phenoxy) is 1. The maximum Gasteiger partial charge on any atom is 0.287 e. The number of benzene rings is 1. The van der Waals surface area contributed by atoms with E-state index in [-0.39, 0.29) is 18.0 Å². The van der Waals surface area contributed by atoms with Crippen LogP contribution in [0.3, 0.4) is 0 Å². The quantitative estimate of drug-likeness (QED) is 0.114. The lowest BCUT2D eigenvalue weighted by Crippen LogP contribution is -2.51. The average molecular weight is 593 g/mol. The molecule has 0 spiro atoms. The third-order valence-electron chi connectivity index (χ3n) is 7.86. The van der Waals surface area contributed by atoms with Crippen molar-refractivity contribution in [3.8, 4) is 5.88 Å². The summed E-state index contributed by atoms with van der Waals surface area (Å²) in [7, 11) is 0. The molecule has 1 N–H and O–H groups in total. The van der Waals surface area contributed by atoms with Crippen LogP contribution in [0, 0.1) is 17.0 Å². The van der Waals surface area contributed by atoms with Crippen LogP contribution in [-0.4, -0.2) is 83.3 Å². The first-order chi connectivity index (χ1) is 20.8. The van der Waals surface area contributed by atoms with Crippen LogP contribution in [0.2, 0.25) is 0 Å². The molecule has 2 aliphatic rings. The van der Waals surface area contributed by atoms with Crippen LogP contribution in [0.25, 0.3) is 5.70 Å². The van der Waals surface area contributed by atoms with Gasteiger partial charge in [0.25, 0.3) is 5.69 Å². The molecule has 0 bridgehead atoms. The standard InChI is InChI=1S/C31H40N6O6/c1-3-7-27(36(22-38)28-11-12-29(39)33-31(28)40)26-10-8-24(20-23(26)2)35-17-15-34(16-18-35)14-5-4-6-19-43-30-13-9-25(21-32-30)37(41)42/h7-10,13,20-22,28H,3-6,11-12,14-19H2,1-2H3,(H,33,39,40)/b27-7+. The minimum absolute atomic E-state index is 0.0502. The van der Waals surface area contributed by atoms with Gasteiger partial charge >= 0.3 is 0 Å². The lowest BCUT2D eigenvalue weighted by Gasteiger charge is -2.36. The van der Waals surface area contributed by atoms with Crippen LogP contribution in [0.4, 0.5) is 11.4 Å². The number of nitrogens with zero attached hydrogens (tertiary/aromatic N) is 5. The number of rotatable bonds is 14. The molecule has 1 aromatic heterocycles. The summed E-state index contributed by atoms with van der Waals surface area (Å²) in [5, 5.41) is 13.1. The Morgan fingerprint density at radius 1 is 1.16 bits per heavy atom. The first-order valence-corrected chi connectivity index (χ1v) is 14.9. The van der Waals surface area contributed by atoms with Crippen LogP contribution in [0.5, 0.6) is 5.88 Å². The highest BCUT2D eigenvalue weighted by Crippen LogP contribution is 2.30. The van der Waals surface area contributed by atoms with Gasteiger partial charge in [-0.3, -0.25) is 34.7 Å². The van der Waals surface area contributed by atoms with Crippen molar-refractivity contribution < 1.29 is 24.0 Å². The summed E-state index contributed by atoms with van der Waals surface area (Å²) in [6.07, 6.45) is 8.05. The number of imide groups is 1. The molecule has 0 saturated carbocycles. The molecule has 2 aliphatic heterocycles. The highest BCUT2D eigenvalue weighted by molar-refractivity contribution is 6.02. The van der Waals surface area contributed by atoms with Crippen LogP contribution in [-0.2, 0) is 14.4 Å². The number of aryl methyl sites for hydroxylation is 1. The Morgan fingerprint density at radius 3 is 2.58 bits per heavy atom. The van der Waals surface area contributed by atoms with E-state index >= 15 is 0 Å². The van der Waals surface area contributed by atoms with Crippen molar-refractivity contribution in [3.63, 3.8) is 0 Å². The van der Waals surface area contributed by atoms with Gasteiger partial charge in [0.2, 0.25) is 24.1 Å². The fraction of sp³-hybridized carbons (Fsp3) is 0.484. The third kappa shape index (κ3) is 8.38. The molecule has 0 radical (unpaired) electrons. The number of pyridine rings is 1. The van der Waals surface area contributed by atoms with E-state index in [4.69, 9.17) is 4.74 Å². The molecule has 230 valence electrons. The number of piperidine rings is 1. The number of carbonyl (C=O) groups excluding carboxylic acids is 3. The number of hydrogen-bond acceptors (Lipinski definition) is 9. The van der Waals surface area contributed by atoms with Crippen LogP contribution in [0.15, 0.2) is 42.6 Å². The lowest BCUT2D eigenvalue weighted by molar-refractivity contribution is -0.385. The lowest BCUT2D eigenvalue weighted by atomic mass is 9.98. The molecule has 1 unspecified atom stereocenters. The Morgan fingerprint density at radius 2 is 1.95 bits per heavy atom. The van der Waals surface area contributed by atoms with Crippen molar-refractivity contribution >= 4 is 35.3 Å². The normalized spacial score (nSPS) is 17.9. The van der Waals surface area contributed by atoms with Gasteiger partial charge in [-0.25, -0.2) is 4.98 Å². The summed E-state index contributed by atoms with van der Waals surface area (Å²) in [6.45, 7) is 9.34. The second-order valence-corrected chi connectivity index (χ2v) is 10.8. The monoisotopic (exact) mass is 592 g/mol. The summed E-state index contributed by atoms with van der Waals surface area (Å²) < 4.78 is 5.59. The second kappa shape index (κ2) is 15.2. The zero-order valence-corrected chi connectivity index (χ0v) is 24.9. The number of allylic oxidation sites excluding steroid dienone is 1. The molecule has 43 heavy (non-hydrogen) atoms. The van der Waals surface area contributed by atoms with E-state index in [0.717, 1.165) is 68.8 Å². The number of amides is 3. The molecule has 12 nitrogen and oxygen atoms in total. The summed E-state index contributed by atoms with van der Waals surface area (Å²) in [4.78, 5) is 56.8. The molecule has 1 aromatic carbocycles. The first-order valence-electron chi connectivity index (χ1n) is 14.9. The Balaban J connectivity index is 1.24. The van der Waals surface area contributed by atoms with Gasteiger partial charge in [-0.15, -0.1) is 0 Å². The summed E-state index contributed by atoms with van der Waals surface area (Å²) in [5.41, 5.74) is 3.69. The number of aromatic nitrogens is 1. The molecule has 2 fully saturated rings. The first kappa shape index (κ1) is 31.6. The highest BCUT2D eigenvalue weighted by Gasteiger charge is 2.33. The molecular formula is C31H40N6O6. The number of piperazine rings is 1. The Kier molecular flexibility index (Phi) is 11.2. The maximum atomic E-state index is 12.5. The molecule has 0 aliphatic carbocycles. The zero-order valence-electron chi connectivity index (χ0n) is 24.9. The van der Waals surface area contributed by atoms with E-state index in [9.17, 15) is 24.5 Å². The molecule has 3 amide bonds. The predicted octanol–water partition coefficient (Wildman–Crippen LogP) is 3.68. The molecule has 1 atom stereocenters. The van der Waals surface area contributed by atoms with Gasteiger partial charge in [-0.05, 0) is 63.3 Å². The van der Waals surface area contributed by atoms with Crippen molar-refractivity contribution in [2.45, 2.75) is 58.4 Å². The van der Waals surface area contributed by atoms with Gasteiger partial charge in [0, 0.05) is 61.7 Å². The SMILES string of the molecule is CC/C=C(\c1ccc(N2CCN(CCCCCOc3ccc([N+](=O)[O-])cn3)CC2)cc1C)N(C=O)C1CCC(=O)NC1=O. The third-order valence-corrected chi connectivity index (χ3v) is 7.86.